The molecule has 0 aliphatic heterocycles. The summed E-state index contributed by atoms with van der Waals surface area (Å²) in [5.41, 5.74) is 1.77. The minimum atomic E-state index is -4.62. The molecule has 6 nitrogen and oxygen atoms in total. The van der Waals surface area contributed by atoms with Crippen LogP contribution in [0.25, 0.3) is 5.78 Å². The van der Waals surface area contributed by atoms with Crippen LogP contribution in [-0.4, -0.2) is 31.5 Å². The maximum Gasteiger partial charge on any atom is 0.453 e. The number of amides is 1. The van der Waals surface area contributed by atoms with Gasteiger partial charge in [0.05, 0.1) is 0 Å². The Kier molecular flexibility index (Phi) is 5.34. The van der Waals surface area contributed by atoms with Gasteiger partial charge in [-0.3, -0.25) is 4.79 Å². The van der Waals surface area contributed by atoms with E-state index in [9.17, 15) is 18.0 Å². The highest BCUT2D eigenvalue weighted by atomic mass is 19.4. The molecule has 2 heterocycles. The lowest BCUT2D eigenvalue weighted by atomic mass is 10.0. The Bertz CT molecular complexity index is 782. The van der Waals surface area contributed by atoms with Crippen LogP contribution in [-0.2, 0) is 17.4 Å². The van der Waals surface area contributed by atoms with E-state index in [2.05, 4.69) is 20.4 Å². The molecule has 0 bridgehead atoms. The van der Waals surface area contributed by atoms with Crippen molar-refractivity contribution in [1.82, 2.24) is 24.9 Å². The van der Waals surface area contributed by atoms with Crippen LogP contribution in [0, 0.1) is 19.8 Å². The topological polar surface area (TPSA) is 72.2 Å². The highest BCUT2D eigenvalue weighted by Crippen LogP contribution is 2.27. The van der Waals surface area contributed by atoms with Gasteiger partial charge in [0.2, 0.25) is 5.91 Å². The molecular weight excluding hydrogens is 335 g/mol. The first-order valence-corrected chi connectivity index (χ1v) is 8.10. The number of hydrogen-bond acceptors (Lipinski definition) is 4. The van der Waals surface area contributed by atoms with Crippen molar-refractivity contribution in [3.8, 4) is 0 Å². The van der Waals surface area contributed by atoms with Crippen molar-refractivity contribution >= 4 is 11.7 Å². The quantitative estimate of drug-likeness (QED) is 0.893. The largest absolute Gasteiger partial charge is 0.453 e. The van der Waals surface area contributed by atoms with E-state index in [0.717, 1.165) is 4.52 Å². The molecule has 1 unspecified atom stereocenters. The number of hydrogen-bond donors (Lipinski definition) is 1. The number of carbonyl (C=O) groups excluding carboxylic acids is 1. The number of nitrogens with zero attached hydrogens (tertiary/aromatic N) is 4. The molecule has 138 valence electrons. The molecule has 0 aliphatic carbocycles. The first-order chi connectivity index (χ1) is 11.5. The lowest BCUT2D eigenvalue weighted by molar-refractivity contribution is -0.144. The molecule has 2 aromatic rings. The molecule has 1 amide bonds. The van der Waals surface area contributed by atoms with Gasteiger partial charge >= 0.3 is 6.18 Å². The van der Waals surface area contributed by atoms with Crippen molar-refractivity contribution in [1.29, 1.82) is 0 Å². The number of halogens is 3. The summed E-state index contributed by atoms with van der Waals surface area (Å²) < 4.78 is 39.4. The number of nitrogens with one attached hydrogen (secondary N) is 1. The van der Waals surface area contributed by atoms with Crippen LogP contribution in [0.1, 0.15) is 50.0 Å². The van der Waals surface area contributed by atoms with E-state index >= 15 is 0 Å². The van der Waals surface area contributed by atoms with Gasteiger partial charge in [0.15, 0.2) is 0 Å². The first kappa shape index (κ1) is 19.1. The Labute approximate surface area is 143 Å². The van der Waals surface area contributed by atoms with Gasteiger partial charge in [0, 0.05) is 23.9 Å². The molecule has 2 aromatic heterocycles. The summed E-state index contributed by atoms with van der Waals surface area (Å²) in [6.07, 6.45) is -4.02. The Morgan fingerprint density at radius 1 is 1.20 bits per heavy atom. The second-order valence-corrected chi connectivity index (χ2v) is 6.51. The van der Waals surface area contributed by atoms with Crippen molar-refractivity contribution < 1.29 is 18.0 Å². The predicted molar refractivity (Wildman–Crippen MR) is 86.0 cm³/mol. The van der Waals surface area contributed by atoms with Gasteiger partial charge in [0.1, 0.15) is 0 Å². The average Bonchev–Trinajstić information content (AvgIpc) is 2.91. The fourth-order valence-corrected chi connectivity index (χ4v) is 2.42. The predicted octanol–water partition coefficient (Wildman–Crippen LogP) is 2.85. The molecule has 1 atom stereocenters. The van der Waals surface area contributed by atoms with Gasteiger partial charge in [0.25, 0.3) is 11.6 Å². The Balaban J connectivity index is 2.22. The van der Waals surface area contributed by atoms with Gasteiger partial charge in [-0.25, -0.2) is 9.50 Å². The average molecular weight is 357 g/mol. The van der Waals surface area contributed by atoms with E-state index in [1.165, 1.54) is 0 Å². The highest BCUT2D eigenvalue weighted by Gasteiger charge is 2.36. The summed E-state index contributed by atoms with van der Waals surface area (Å²) in [6, 6.07) is 0.0555. The fraction of sp³-hybridized carbons (Fsp3) is 0.625. The zero-order valence-corrected chi connectivity index (χ0v) is 14.9. The molecule has 0 radical (unpaired) electrons. The van der Waals surface area contributed by atoms with Crippen molar-refractivity contribution in [2.75, 3.05) is 0 Å². The standard InChI is InChI=1S/C16H22F3N5O/c1-8(2)9(3)20-13(25)7-6-12-10(4)21-15-22-14(16(17,18)19)23-24(15)11(12)5/h8-9H,6-7H2,1-5H3,(H,20,25). The van der Waals surface area contributed by atoms with Crippen LogP contribution in [0.15, 0.2) is 0 Å². The summed E-state index contributed by atoms with van der Waals surface area (Å²) in [6.45, 7) is 9.31. The van der Waals surface area contributed by atoms with Crippen LogP contribution in [0.4, 0.5) is 13.2 Å². The zero-order valence-electron chi connectivity index (χ0n) is 14.9. The van der Waals surface area contributed by atoms with E-state index in [1.807, 2.05) is 20.8 Å². The molecular formula is C16H22F3N5O. The van der Waals surface area contributed by atoms with Gasteiger partial charge < -0.3 is 5.32 Å². The number of aryl methyl sites for hydroxylation is 2. The number of carbonyl (C=O) groups is 1. The van der Waals surface area contributed by atoms with Crippen LogP contribution in [0.2, 0.25) is 0 Å². The Morgan fingerprint density at radius 3 is 2.40 bits per heavy atom. The molecule has 0 fully saturated rings. The normalized spacial score (nSPS) is 13.5. The van der Waals surface area contributed by atoms with Crippen LogP contribution < -0.4 is 5.32 Å². The first-order valence-electron chi connectivity index (χ1n) is 8.10. The Morgan fingerprint density at radius 2 is 1.84 bits per heavy atom. The lowest BCUT2D eigenvalue weighted by Crippen LogP contribution is -2.36. The molecule has 25 heavy (non-hydrogen) atoms. The van der Waals surface area contributed by atoms with E-state index in [1.54, 1.807) is 13.8 Å². The van der Waals surface area contributed by atoms with Crippen LogP contribution in [0.5, 0.6) is 0 Å². The van der Waals surface area contributed by atoms with Crippen molar-refractivity contribution in [3.63, 3.8) is 0 Å². The Hall–Kier alpha value is -2.19. The van der Waals surface area contributed by atoms with Crippen molar-refractivity contribution in [3.05, 3.63) is 22.8 Å². The summed E-state index contributed by atoms with van der Waals surface area (Å²) in [4.78, 5) is 19.6. The lowest BCUT2D eigenvalue weighted by Gasteiger charge is -2.17. The van der Waals surface area contributed by atoms with Gasteiger partial charge in [-0.1, -0.05) is 13.8 Å². The third kappa shape index (κ3) is 4.26. The van der Waals surface area contributed by atoms with Gasteiger partial charge in [-0.05, 0) is 38.7 Å². The van der Waals surface area contributed by atoms with Crippen LogP contribution >= 0.6 is 0 Å². The third-order valence-corrected chi connectivity index (χ3v) is 4.29. The molecule has 0 aliphatic rings. The molecule has 2 rings (SSSR count). The zero-order chi connectivity index (χ0) is 18.9. The summed E-state index contributed by atoms with van der Waals surface area (Å²) in [5.74, 6) is -1.09. The van der Waals surface area contributed by atoms with Crippen molar-refractivity contribution in [2.24, 2.45) is 5.92 Å². The van der Waals surface area contributed by atoms with E-state index in [-0.39, 0.29) is 24.1 Å². The molecule has 9 heteroatoms. The van der Waals surface area contributed by atoms with Crippen LogP contribution in [0.3, 0.4) is 0 Å². The summed E-state index contributed by atoms with van der Waals surface area (Å²) in [7, 11) is 0. The van der Waals surface area contributed by atoms with Crippen molar-refractivity contribution in [2.45, 2.75) is 59.7 Å². The van der Waals surface area contributed by atoms with E-state index < -0.39 is 12.0 Å². The van der Waals surface area contributed by atoms with Gasteiger partial charge in [-0.2, -0.15) is 18.2 Å². The monoisotopic (exact) mass is 357 g/mol. The van der Waals surface area contributed by atoms with Gasteiger partial charge in [-0.15, -0.1) is 5.10 Å². The smallest absolute Gasteiger partial charge is 0.353 e. The minimum absolute atomic E-state index is 0.0555. The highest BCUT2D eigenvalue weighted by molar-refractivity contribution is 5.76. The number of alkyl halides is 3. The molecule has 0 saturated carbocycles. The maximum absolute atomic E-state index is 12.8. The molecule has 1 N–H and O–H groups in total. The molecule has 0 spiro atoms. The van der Waals surface area contributed by atoms with E-state index in [0.29, 0.717) is 29.3 Å². The number of aromatic nitrogens is 4. The summed E-state index contributed by atoms with van der Waals surface area (Å²) >= 11 is 0. The second-order valence-electron chi connectivity index (χ2n) is 6.51. The molecule has 0 saturated heterocycles. The third-order valence-electron chi connectivity index (χ3n) is 4.29. The maximum atomic E-state index is 12.8. The number of fused-ring (bicyclic) bond motifs is 1. The number of rotatable bonds is 5. The fourth-order valence-electron chi connectivity index (χ4n) is 2.42. The second kappa shape index (κ2) is 6.97. The summed E-state index contributed by atoms with van der Waals surface area (Å²) in [5, 5.41) is 6.41. The SMILES string of the molecule is Cc1nc2nc(C(F)(F)F)nn2c(C)c1CCC(=O)NC(C)C(C)C. The molecule has 0 aromatic carbocycles. The van der Waals surface area contributed by atoms with E-state index in [4.69, 9.17) is 0 Å². The minimum Gasteiger partial charge on any atom is -0.353 e.